The zero-order valence-corrected chi connectivity index (χ0v) is 8.60. The van der Waals surface area contributed by atoms with Gasteiger partial charge in [-0.05, 0) is 12.1 Å². The molecule has 82 valence electrons. The Morgan fingerprint density at radius 3 is 2.31 bits per heavy atom. The van der Waals surface area contributed by atoms with Crippen molar-refractivity contribution in [1.82, 2.24) is 0 Å². The smallest absolute Gasteiger partial charge is 0.340 e. The third kappa shape index (κ3) is 2.58. The summed E-state index contributed by atoms with van der Waals surface area (Å²) < 4.78 is 9.12. The first-order valence-corrected chi connectivity index (χ1v) is 4.42. The number of rotatable bonds is 3. The molecule has 0 aromatic heterocycles. The van der Waals surface area contributed by atoms with Gasteiger partial charge in [-0.2, -0.15) is 5.26 Å². The van der Waals surface area contributed by atoms with Crippen molar-refractivity contribution in [3.8, 4) is 6.07 Å². The Labute approximate surface area is 92.2 Å². The Morgan fingerprint density at radius 2 is 1.81 bits per heavy atom. The van der Waals surface area contributed by atoms with Gasteiger partial charge in [0.1, 0.15) is 6.07 Å². The van der Waals surface area contributed by atoms with Crippen LogP contribution in [0.25, 0.3) is 0 Å². The van der Waals surface area contributed by atoms with E-state index in [0.717, 1.165) is 0 Å². The molecule has 0 aliphatic heterocycles. The average Bonchev–Trinajstić information content (AvgIpc) is 2.35. The lowest BCUT2D eigenvalue weighted by atomic mass is 10.1. The lowest BCUT2D eigenvalue weighted by Crippen LogP contribution is -2.12. The van der Waals surface area contributed by atoms with Crippen molar-refractivity contribution < 1.29 is 19.1 Å². The molecule has 5 heteroatoms. The van der Waals surface area contributed by atoms with Crippen molar-refractivity contribution in [3.63, 3.8) is 0 Å². The van der Waals surface area contributed by atoms with Crippen LogP contribution in [0.5, 0.6) is 0 Å². The molecule has 0 atom stereocenters. The van der Waals surface area contributed by atoms with E-state index >= 15 is 0 Å². The number of hydrogen-bond donors (Lipinski definition) is 0. The van der Waals surface area contributed by atoms with Crippen molar-refractivity contribution in [2.75, 3.05) is 13.7 Å². The van der Waals surface area contributed by atoms with Gasteiger partial charge >= 0.3 is 11.9 Å². The van der Waals surface area contributed by atoms with E-state index in [1.54, 1.807) is 18.2 Å². The van der Waals surface area contributed by atoms with Gasteiger partial charge in [0, 0.05) is 0 Å². The quantitative estimate of drug-likeness (QED) is 0.713. The average molecular weight is 219 g/mol. The van der Waals surface area contributed by atoms with E-state index in [1.165, 1.54) is 19.2 Å². The summed E-state index contributed by atoms with van der Waals surface area (Å²) in [6.45, 7) is -0.353. The molecule has 0 radical (unpaired) electrons. The Hall–Kier alpha value is -2.35. The molecule has 0 aliphatic rings. The first kappa shape index (κ1) is 11.7. The van der Waals surface area contributed by atoms with Crippen LogP contribution in [-0.4, -0.2) is 25.7 Å². The Morgan fingerprint density at radius 1 is 1.25 bits per heavy atom. The lowest BCUT2D eigenvalue weighted by molar-refractivity contribution is 0.0526. The maximum absolute atomic E-state index is 11.5. The van der Waals surface area contributed by atoms with Gasteiger partial charge in [0.2, 0.25) is 0 Å². The molecule has 0 heterocycles. The van der Waals surface area contributed by atoms with Gasteiger partial charge in [0.15, 0.2) is 6.61 Å². The highest BCUT2D eigenvalue weighted by Gasteiger charge is 2.17. The molecular formula is C11H9NO4. The number of methoxy groups -OCH3 is 1. The standard InChI is InChI=1S/C11H9NO4/c1-15-10(13)8-4-2-3-5-9(8)11(14)16-7-6-12/h2-5H,7H2,1H3. The highest BCUT2D eigenvalue weighted by Crippen LogP contribution is 2.11. The van der Waals surface area contributed by atoms with Crippen molar-refractivity contribution >= 4 is 11.9 Å². The van der Waals surface area contributed by atoms with Crippen LogP contribution in [-0.2, 0) is 9.47 Å². The molecule has 16 heavy (non-hydrogen) atoms. The summed E-state index contributed by atoms with van der Waals surface area (Å²) in [4.78, 5) is 22.8. The van der Waals surface area contributed by atoms with Gasteiger partial charge in [0.25, 0.3) is 0 Å². The number of benzene rings is 1. The van der Waals surface area contributed by atoms with Crippen LogP contribution in [0.1, 0.15) is 20.7 Å². The minimum absolute atomic E-state index is 0.0876. The Balaban J connectivity index is 3.00. The van der Waals surface area contributed by atoms with Crippen LogP contribution in [0, 0.1) is 11.3 Å². The summed E-state index contributed by atoms with van der Waals surface area (Å²) in [5.74, 6) is -1.34. The molecule has 0 saturated heterocycles. The monoisotopic (exact) mass is 219 g/mol. The second-order valence-electron chi connectivity index (χ2n) is 2.77. The minimum Gasteiger partial charge on any atom is -0.465 e. The second kappa shape index (κ2) is 5.51. The fraction of sp³-hybridized carbons (Fsp3) is 0.182. The number of nitriles is 1. The topological polar surface area (TPSA) is 76.4 Å². The minimum atomic E-state index is -0.720. The second-order valence-corrected chi connectivity index (χ2v) is 2.77. The van der Waals surface area contributed by atoms with E-state index in [4.69, 9.17) is 5.26 Å². The van der Waals surface area contributed by atoms with E-state index in [2.05, 4.69) is 9.47 Å². The van der Waals surface area contributed by atoms with Crippen LogP contribution in [0.15, 0.2) is 24.3 Å². The molecule has 0 saturated carbocycles. The summed E-state index contributed by atoms with van der Waals surface area (Å²) in [6, 6.07) is 7.76. The first-order chi connectivity index (χ1) is 7.70. The molecule has 0 aliphatic carbocycles. The molecule has 0 spiro atoms. The number of carbonyl (C=O) groups is 2. The number of esters is 2. The lowest BCUT2D eigenvalue weighted by Gasteiger charge is -2.05. The third-order valence-corrected chi connectivity index (χ3v) is 1.82. The van der Waals surface area contributed by atoms with E-state index in [0.29, 0.717) is 0 Å². The van der Waals surface area contributed by atoms with Crippen LogP contribution < -0.4 is 0 Å². The molecule has 0 bridgehead atoms. The van der Waals surface area contributed by atoms with E-state index in [1.807, 2.05) is 0 Å². The van der Waals surface area contributed by atoms with Gasteiger partial charge in [0.05, 0.1) is 18.2 Å². The molecule has 0 fully saturated rings. The third-order valence-electron chi connectivity index (χ3n) is 1.82. The highest BCUT2D eigenvalue weighted by atomic mass is 16.5. The van der Waals surface area contributed by atoms with Crippen molar-refractivity contribution in [1.29, 1.82) is 5.26 Å². The first-order valence-electron chi connectivity index (χ1n) is 4.42. The molecule has 5 nitrogen and oxygen atoms in total. The van der Waals surface area contributed by atoms with E-state index in [9.17, 15) is 9.59 Å². The van der Waals surface area contributed by atoms with Crippen LogP contribution in [0.4, 0.5) is 0 Å². The number of carbonyl (C=O) groups excluding carboxylic acids is 2. The maximum Gasteiger partial charge on any atom is 0.340 e. The molecule has 0 N–H and O–H groups in total. The van der Waals surface area contributed by atoms with Gasteiger partial charge in [-0.25, -0.2) is 9.59 Å². The SMILES string of the molecule is COC(=O)c1ccccc1C(=O)OCC#N. The van der Waals surface area contributed by atoms with Crippen molar-refractivity contribution in [3.05, 3.63) is 35.4 Å². The van der Waals surface area contributed by atoms with E-state index < -0.39 is 11.9 Å². The normalized spacial score (nSPS) is 9.00. The summed E-state index contributed by atoms with van der Waals surface area (Å²) in [5, 5.41) is 8.27. The fourth-order valence-electron chi connectivity index (χ4n) is 1.12. The van der Waals surface area contributed by atoms with Gasteiger partial charge in [-0.1, -0.05) is 12.1 Å². The van der Waals surface area contributed by atoms with Crippen molar-refractivity contribution in [2.24, 2.45) is 0 Å². The Bertz CT molecular complexity index is 448. The summed E-state index contributed by atoms with van der Waals surface area (Å²) >= 11 is 0. The molecule has 0 unspecified atom stereocenters. The fourth-order valence-corrected chi connectivity index (χ4v) is 1.12. The van der Waals surface area contributed by atoms with Crippen LogP contribution in [0.3, 0.4) is 0 Å². The number of hydrogen-bond acceptors (Lipinski definition) is 5. The predicted octanol–water partition coefficient (Wildman–Crippen LogP) is 1.15. The molecule has 1 aromatic carbocycles. The predicted molar refractivity (Wildman–Crippen MR) is 53.7 cm³/mol. The molecule has 1 rings (SSSR count). The van der Waals surface area contributed by atoms with Gasteiger partial charge < -0.3 is 9.47 Å². The zero-order chi connectivity index (χ0) is 12.0. The summed E-state index contributed by atoms with van der Waals surface area (Å²) in [7, 11) is 1.22. The van der Waals surface area contributed by atoms with Crippen molar-refractivity contribution in [2.45, 2.75) is 0 Å². The van der Waals surface area contributed by atoms with Crippen LogP contribution >= 0.6 is 0 Å². The van der Waals surface area contributed by atoms with Gasteiger partial charge in [-0.3, -0.25) is 0 Å². The molecule has 1 aromatic rings. The molecule has 0 amide bonds. The highest BCUT2D eigenvalue weighted by molar-refractivity contribution is 6.03. The number of nitrogens with zero attached hydrogens (tertiary/aromatic N) is 1. The maximum atomic E-state index is 11.5. The van der Waals surface area contributed by atoms with Gasteiger partial charge in [-0.15, -0.1) is 0 Å². The number of ether oxygens (including phenoxy) is 2. The molecular weight excluding hydrogens is 210 g/mol. The van der Waals surface area contributed by atoms with Crippen LogP contribution in [0.2, 0.25) is 0 Å². The Kier molecular flexibility index (Phi) is 4.04. The van der Waals surface area contributed by atoms with E-state index in [-0.39, 0.29) is 17.7 Å². The largest absolute Gasteiger partial charge is 0.465 e. The zero-order valence-electron chi connectivity index (χ0n) is 8.60. The summed E-state index contributed by atoms with van der Waals surface area (Å²) in [6.07, 6.45) is 0. The summed E-state index contributed by atoms with van der Waals surface area (Å²) in [5.41, 5.74) is 0.206.